The van der Waals surface area contributed by atoms with Crippen LogP contribution in [-0.2, 0) is 13.0 Å². The maximum atomic E-state index is 8.85. The molecule has 0 amide bonds. The Kier molecular flexibility index (Phi) is 4.75. The number of aromatic nitrogens is 1. The van der Waals surface area contributed by atoms with E-state index in [1.54, 1.807) is 6.20 Å². The van der Waals surface area contributed by atoms with Gasteiger partial charge in [0, 0.05) is 19.9 Å². The van der Waals surface area contributed by atoms with Crippen molar-refractivity contribution >= 4 is 5.82 Å². The van der Waals surface area contributed by atoms with Gasteiger partial charge in [0.1, 0.15) is 18.2 Å². The van der Waals surface area contributed by atoms with E-state index < -0.39 is 0 Å². The minimum atomic E-state index is 0.171. The van der Waals surface area contributed by atoms with Crippen LogP contribution in [0.1, 0.15) is 11.1 Å². The second-order valence-corrected chi connectivity index (χ2v) is 4.21. The van der Waals surface area contributed by atoms with Crippen LogP contribution in [0, 0.1) is 0 Å². The number of ether oxygens (including phenoxy) is 1. The molecule has 0 bridgehead atoms. The number of nitrogens with one attached hydrogen (secondary N) is 1. The number of benzene rings is 1. The van der Waals surface area contributed by atoms with E-state index in [0.717, 1.165) is 22.7 Å². The molecular weight excluding hydrogens is 240 g/mol. The van der Waals surface area contributed by atoms with Crippen LogP contribution in [0.25, 0.3) is 0 Å². The lowest BCUT2D eigenvalue weighted by Gasteiger charge is -2.08. The summed E-state index contributed by atoms with van der Waals surface area (Å²) in [4.78, 5) is 4.15. The highest BCUT2D eigenvalue weighted by Gasteiger charge is 1.99. The molecule has 0 saturated carbocycles. The summed E-state index contributed by atoms with van der Waals surface area (Å²) < 4.78 is 5.71. The minimum absolute atomic E-state index is 0.171. The molecule has 0 aliphatic heterocycles. The zero-order chi connectivity index (χ0) is 13.5. The van der Waals surface area contributed by atoms with Crippen molar-refractivity contribution in [3.8, 4) is 5.75 Å². The van der Waals surface area contributed by atoms with Crippen molar-refractivity contribution in [1.29, 1.82) is 0 Å². The van der Waals surface area contributed by atoms with Crippen molar-refractivity contribution in [3.63, 3.8) is 0 Å². The molecule has 4 nitrogen and oxygen atoms in total. The fourth-order valence-electron chi connectivity index (χ4n) is 1.75. The van der Waals surface area contributed by atoms with Gasteiger partial charge in [0.05, 0.1) is 0 Å². The number of nitrogens with zero attached hydrogens (tertiary/aromatic N) is 1. The molecule has 4 heteroatoms. The Morgan fingerprint density at radius 1 is 1.16 bits per heavy atom. The summed E-state index contributed by atoms with van der Waals surface area (Å²) in [6, 6.07) is 11.7. The topological polar surface area (TPSA) is 54.4 Å². The number of rotatable bonds is 6. The van der Waals surface area contributed by atoms with Gasteiger partial charge in [0.2, 0.25) is 0 Å². The van der Waals surface area contributed by atoms with Gasteiger partial charge in [-0.25, -0.2) is 4.98 Å². The molecule has 0 aliphatic rings. The van der Waals surface area contributed by atoms with Crippen molar-refractivity contribution < 1.29 is 9.84 Å². The van der Waals surface area contributed by atoms with Crippen LogP contribution >= 0.6 is 0 Å². The van der Waals surface area contributed by atoms with Crippen LogP contribution in [-0.4, -0.2) is 23.7 Å². The van der Waals surface area contributed by atoms with Crippen molar-refractivity contribution in [3.05, 3.63) is 53.7 Å². The first-order valence-corrected chi connectivity index (χ1v) is 6.27. The van der Waals surface area contributed by atoms with Crippen LogP contribution < -0.4 is 10.1 Å². The number of anilines is 1. The maximum Gasteiger partial charge on any atom is 0.126 e. The van der Waals surface area contributed by atoms with Crippen molar-refractivity contribution in [1.82, 2.24) is 4.98 Å². The highest BCUT2D eigenvalue weighted by Crippen LogP contribution is 2.15. The summed E-state index contributed by atoms with van der Waals surface area (Å²) in [7, 11) is 1.84. The third kappa shape index (κ3) is 3.96. The number of pyridine rings is 1. The first-order valence-electron chi connectivity index (χ1n) is 6.27. The van der Waals surface area contributed by atoms with E-state index in [2.05, 4.69) is 10.3 Å². The summed E-state index contributed by atoms with van der Waals surface area (Å²) in [6.07, 6.45) is 2.44. The summed E-state index contributed by atoms with van der Waals surface area (Å²) in [5, 5.41) is 11.8. The molecule has 0 atom stereocenters. The van der Waals surface area contributed by atoms with E-state index in [9.17, 15) is 0 Å². The van der Waals surface area contributed by atoms with Crippen LogP contribution in [0.4, 0.5) is 5.82 Å². The Bertz CT molecular complexity index is 512. The predicted molar refractivity (Wildman–Crippen MR) is 75.3 cm³/mol. The van der Waals surface area contributed by atoms with Crippen molar-refractivity contribution in [2.75, 3.05) is 19.0 Å². The highest BCUT2D eigenvalue weighted by atomic mass is 16.5. The molecule has 1 aromatic heterocycles. The number of hydrogen-bond donors (Lipinski definition) is 2. The summed E-state index contributed by atoms with van der Waals surface area (Å²) in [5.41, 5.74) is 2.18. The van der Waals surface area contributed by atoms with Gasteiger partial charge in [0.15, 0.2) is 0 Å². The molecule has 2 N–H and O–H groups in total. The highest BCUT2D eigenvalue weighted by molar-refractivity contribution is 5.36. The first kappa shape index (κ1) is 13.4. The average molecular weight is 258 g/mol. The Balaban J connectivity index is 1.94. The van der Waals surface area contributed by atoms with Crippen molar-refractivity contribution in [2.45, 2.75) is 13.0 Å². The normalized spacial score (nSPS) is 10.2. The van der Waals surface area contributed by atoms with Gasteiger partial charge in [-0.1, -0.05) is 12.1 Å². The maximum absolute atomic E-state index is 8.85. The Morgan fingerprint density at radius 2 is 1.95 bits per heavy atom. The third-order valence-electron chi connectivity index (χ3n) is 2.81. The third-order valence-corrected chi connectivity index (χ3v) is 2.81. The largest absolute Gasteiger partial charge is 0.489 e. The standard InChI is InChI=1S/C15H18N2O2/c1-16-15-10-13(6-8-17-15)11-19-14-4-2-12(3-5-14)7-9-18/h2-6,8,10,18H,7,9,11H2,1H3,(H,16,17). The van der Waals surface area contributed by atoms with Gasteiger partial charge in [-0.2, -0.15) is 0 Å². The minimum Gasteiger partial charge on any atom is -0.489 e. The van der Waals surface area contributed by atoms with Gasteiger partial charge in [-0.3, -0.25) is 0 Å². The second kappa shape index (κ2) is 6.75. The molecule has 1 heterocycles. The van der Waals surface area contributed by atoms with Gasteiger partial charge in [0.25, 0.3) is 0 Å². The smallest absolute Gasteiger partial charge is 0.126 e. The van der Waals surface area contributed by atoms with Crippen LogP contribution in [0.5, 0.6) is 5.75 Å². The van der Waals surface area contributed by atoms with Gasteiger partial charge >= 0.3 is 0 Å². The Morgan fingerprint density at radius 3 is 2.63 bits per heavy atom. The SMILES string of the molecule is CNc1cc(COc2ccc(CCO)cc2)ccn1. The summed E-state index contributed by atoms with van der Waals surface area (Å²) >= 11 is 0. The molecule has 0 fully saturated rings. The fraction of sp³-hybridized carbons (Fsp3) is 0.267. The van der Waals surface area contributed by atoms with Crippen molar-refractivity contribution in [2.24, 2.45) is 0 Å². The van der Waals surface area contributed by atoms with Gasteiger partial charge in [-0.05, 0) is 41.8 Å². The monoisotopic (exact) mass is 258 g/mol. The molecule has 100 valence electrons. The Labute approximate surface area is 113 Å². The molecule has 0 radical (unpaired) electrons. The molecule has 0 spiro atoms. The van der Waals surface area contributed by atoms with E-state index in [0.29, 0.717) is 13.0 Å². The van der Waals surface area contributed by atoms with Gasteiger partial charge < -0.3 is 15.2 Å². The van der Waals surface area contributed by atoms with E-state index in [1.165, 1.54) is 0 Å². The molecule has 1 aromatic carbocycles. The number of hydrogen-bond acceptors (Lipinski definition) is 4. The van der Waals surface area contributed by atoms with Crippen LogP contribution in [0.2, 0.25) is 0 Å². The predicted octanol–water partition coefficient (Wildman–Crippen LogP) is 2.24. The van der Waals surface area contributed by atoms with E-state index in [4.69, 9.17) is 9.84 Å². The Hall–Kier alpha value is -2.07. The lowest BCUT2D eigenvalue weighted by atomic mass is 10.1. The number of aliphatic hydroxyl groups is 1. The molecule has 2 rings (SSSR count). The quantitative estimate of drug-likeness (QED) is 0.834. The first-order chi connectivity index (χ1) is 9.31. The van der Waals surface area contributed by atoms with Crippen LogP contribution in [0.3, 0.4) is 0 Å². The fourth-order valence-corrected chi connectivity index (χ4v) is 1.75. The molecule has 0 aliphatic carbocycles. The van der Waals surface area contributed by atoms with Gasteiger partial charge in [-0.15, -0.1) is 0 Å². The average Bonchev–Trinajstić information content (AvgIpc) is 2.47. The molecular formula is C15H18N2O2. The molecule has 0 unspecified atom stereocenters. The summed E-state index contributed by atoms with van der Waals surface area (Å²) in [6.45, 7) is 0.681. The van der Waals surface area contributed by atoms with E-state index in [-0.39, 0.29) is 6.61 Å². The molecule has 2 aromatic rings. The summed E-state index contributed by atoms with van der Waals surface area (Å²) in [5.74, 6) is 1.66. The second-order valence-electron chi connectivity index (χ2n) is 4.21. The molecule has 0 saturated heterocycles. The zero-order valence-electron chi connectivity index (χ0n) is 11.0. The zero-order valence-corrected chi connectivity index (χ0v) is 11.0. The van der Waals surface area contributed by atoms with E-state index >= 15 is 0 Å². The van der Waals surface area contributed by atoms with Crippen LogP contribution in [0.15, 0.2) is 42.6 Å². The molecule has 19 heavy (non-hydrogen) atoms. The lowest BCUT2D eigenvalue weighted by Crippen LogP contribution is -1.98. The number of aliphatic hydroxyl groups excluding tert-OH is 1. The van der Waals surface area contributed by atoms with E-state index in [1.807, 2.05) is 43.4 Å². The lowest BCUT2D eigenvalue weighted by molar-refractivity contribution is 0.298.